The van der Waals surface area contributed by atoms with Crippen LogP contribution < -0.4 is 21.5 Å². The van der Waals surface area contributed by atoms with Crippen LogP contribution >= 0.6 is 37.1 Å². The number of nitrogens with two attached hydrogens (primary N) is 1. The Morgan fingerprint density at radius 3 is 2.63 bits per heavy atom. The first-order valence-electron chi connectivity index (χ1n) is 5.42. The second kappa shape index (κ2) is 6.32. The van der Waals surface area contributed by atoms with Gasteiger partial charge in [0.25, 0.3) is 0 Å². The van der Waals surface area contributed by atoms with E-state index < -0.39 is 0 Å². The van der Waals surface area contributed by atoms with Gasteiger partial charge in [-0.3, -0.25) is 10.9 Å². The lowest BCUT2D eigenvalue weighted by atomic mass is 10.4. The standard InChI is InChI=1S/C8H13N7OS3/c9-5-10-6(14-1-3-16-4-2-14)13-15(5)7(17)11-12-8(18)19/h1-4H2,(H,11,17)(H2,9,10,13)(H2,12,18,19). The fourth-order valence-corrected chi connectivity index (χ4v) is 1.81. The zero-order valence-corrected chi connectivity index (χ0v) is 12.4. The zero-order valence-electron chi connectivity index (χ0n) is 9.87. The van der Waals surface area contributed by atoms with Gasteiger partial charge in [0.05, 0.1) is 13.2 Å². The number of rotatable bonds is 1. The molecule has 1 aliphatic rings. The first-order valence-corrected chi connectivity index (χ1v) is 6.69. The Hall–Kier alpha value is -1.17. The highest BCUT2D eigenvalue weighted by molar-refractivity contribution is 8.11. The van der Waals surface area contributed by atoms with Gasteiger partial charge < -0.3 is 15.4 Å². The number of aromatic nitrogens is 3. The number of anilines is 2. The van der Waals surface area contributed by atoms with Gasteiger partial charge in [0.15, 0.2) is 0 Å². The average molecular weight is 319 g/mol. The van der Waals surface area contributed by atoms with Gasteiger partial charge in [0, 0.05) is 13.1 Å². The van der Waals surface area contributed by atoms with Crippen LogP contribution in [0, 0.1) is 0 Å². The molecule has 0 aromatic carbocycles. The van der Waals surface area contributed by atoms with E-state index in [0.717, 1.165) is 13.1 Å². The summed E-state index contributed by atoms with van der Waals surface area (Å²) in [5.74, 6) is 0.726. The molecule has 0 radical (unpaired) electrons. The fourth-order valence-electron chi connectivity index (χ4n) is 1.52. The molecule has 11 heteroatoms. The normalized spacial score (nSPS) is 15.1. The predicted molar refractivity (Wildman–Crippen MR) is 83.3 cm³/mol. The number of nitrogen functional groups attached to an aromatic ring is 1. The molecule has 0 aliphatic carbocycles. The van der Waals surface area contributed by atoms with Crippen LogP contribution in [0.15, 0.2) is 0 Å². The molecule has 1 aromatic rings. The van der Waals surface area contributed by atoms with E-state index in [0.29, 0.717) is 19.2 Å². The maximum atomic E-state index is 5.78. The number of hydrazine groups is 1. The van der Waals surface area contributed by atoms with Gasteiger partial charge in [0.1, 0.15) is 4.32 Å². The maximum absolute atomic E-state index is 5.78. The summed E-state index contributed by atoms with van der Waals surface area (Å²) in [6.45, 7) is 2.74. The number of morpholine rings is 1. The minimum absolute atomic E-state index is 0.200. The number of nitrogens with zero attached hydrogens (tertiary/aromatic N) is 4. The largest absolute Gasteiger partial charge is 0.378 e. The highest BCUT2D eigenvalue weighted by Gasteiger charge is 2.18. The molecule has 104 valence electrons. The number of thiol groups is 1. The summed E-state index contributed by atoms with van der Waals surface area (Å²) in [6, 6.07) is 0. The molecule has 1 aliphatic heterocycles. The molecular weight excluding hydrogens is 306 g/mol. The van der Waals surface area contributed by atoms with Crippen LogP contribution in [0.1, 0.15) is 0 Å². The van der Waals surface area contributed by atoms with Crippen LogP contribution in [-0.2, 0) is 4.74 Å². The highest BCUT2D eigenvalue weighted by atomic mass is 32.1. The number of hydrogen-bond acceptors (Lipinski definition) is 7. The summed E-state index contributed by atoms with van der Waals surface area (Å²) >= 11 is 13.7. The smallest absolute Gasteiger partial charge is 0.247 e. The topological polar surface area (TPSA) is 93.3 Å². The monoisotopic (exact) mass is 319 g/mol. The summed E-state index contributed by atoms with van der Waals surface area (Å²) < 4.78 is 6.84. The summed E-state index contributed by atoms with van der Waals surface area (Å²) in [6.07, 6.45) is 0. The van der Waals surface area contributed by atoms with Crippen molar-refractivity contribution in [2.75, 3.05) is 36.9 Å². The molecule has 4 N–H and O–H groups in total. The lowest BCUT2D eigenvalue weighted by Gasteiger charge is -2.25. The molecule has 1 saturated heterocycles. The van der Waals surface area contributed by atoms with Gasteiger partial charge >= 0.3 is 0 Å². The molecule has 2 rings (SSSR count). The van der Waals surface area contributed by atoms with Gasteiger partial charge in [-0.15, -0.1) is 17.7 Å². The third-order valence-electron chi connectivity index (χ3n) is 2.38. The van der Waals surface area contributed by atoms with Crippen molar-refractivity contribution in [2.45, 2.75) is 0 Å². The van der Waals surface area contributed by atoms with Gasteiger partial charge in [-0.05, 0) is 12.2 Å². The van der Waals surface area contributed by atoms with E-state index >= 15 is 0 Å². The zero-order chi connectivity index (χ0) is 13.8. The molecular formula is C8H13N7OS3. The maximum Gasteiger partial charge on any atom is 0.247 e. The first-order chi connectivity index (χ1) is 9.08. The van der Waals surface area contributed by atoms with E-state index in [9.17, 15) is 0 Å². The van der Waals surface area contributed by atoms with Crippen molar-refractivity contribution >= 4 is 58.4 Å². The van der Waals surface area contributed by atoms with Gasteiger partial charge in [-0.2, -0.15) is 9.67 Å². The lowest BCUT2D eigenvalue weighted by Crippen LogP contribution is -2.42. The van der Waals surface area contributed by atoms with E-state index in [-0.39, 0.29) is 15.4 Å². The van der Waals surface area contributed by atoms with Crippen LogP contribution in [0.25, 0.3) is 0 Å². The number of hydrogen-bond donors (Lipinski definition) is 4. The van der Waals surface area contributed by atoms with Crippen molar-refractivity contribution in [3.63, 3.8) is 0 Å². The Morgan fingerprint density at radius 1 is 1.32 bits per heavy atom. The van der Waals surface area contributed by atoms with Crippen LogP contribution in [0.3, 0.4) is 0 Å². The van der Waals surface area contributed by atoms with Crippen molar-refractivity contribution in [1.29, 1.82) is 0 Å². The van der Waals surface area contributed by atoms with Crippen molar-refractivity contribution in [3.8, 4) is 0 Å². The second-order valence-electron chi connectivity index (χ2n) is 3.64. The van der Waals surface area contributed by atoms with Gasteiger partial charge in [-0.25, -0.2) is 0 Å². The Balaban J connectivity index is 2.07. The average Bonchev–Trinajstić information content (AvgIpc) is 2.79. The molecule has 0 unspecified atom stereocenters. The Kier molecular flexibility index (Phi) is 4.74. The minimum Gasteiger partial charge on any atom is -0.378 e. The van der Waals surface area contributed by atoms with E-state index in [1.165, 1.54) is 4.68 Å². The number of thiocarbonyl (C=S) groups is 2. The first kappa shape index (κ1) is 14.2. The van der Waals surface area contributed by atoms with E-state index in [4.69, 9.17) is 34.9 Å². The molecule has 0 saturated carbocycles. The van der Waals surface area contributed by atoms with Crippen molar-refractivity contribution in [2.24, 2.45) is 0 Å². The quantitative estimate of drug-likeness (QED) is 0.300. The van der Waals surface area contributed by atoms with E-state index in [2.05, 4.69) is 33.6 Å². The third-order valence-corrected chi connectivity index (χ3v) is 2.87. The van der Waals surface area contributed by atoms with Gasteiger partial charge in [-0.1, -0.05) is 12.2 Å². The van der Waals surface area contributed by atoms with Crippen molar-refractivity contribution < 1.29 is 4.74 Å². The summed E-state index contributed by atoms with van der Waals surface area (Å²) in [5, 5.41) is 4.49. The van der Waals surface area contributed by atoms with Crippen LogP contribution in [-0.4, -0.2) is 50.5 Å². The summed E-state index contributed by atoms with van der Waals surface area (Å²) in [5.41, 5.74) is 11.0. The summed E-state index contributed by atoms with van der Waals surface area (Å²) in [7, 11) is 0. The van der Waals surface area contributed by atoms with Crippen LogP contribution in [0.2, 0.25) is 0 Å². The second-order valence-corrected chi connectivity index (χ2v) is 5.19. The molecule has 8 nitrogen and oxygen atoms in total. The van der Waals surface area contributed by atoms with Crippen LogP contribution in [0.5, 0.6) is 0 Å². The Morgan fingerprint density at radius 2 is 2.00 bits per heavy atom. The van der Waals surface area contributed by atoms with Crippen molar-refractivity contribution in [1.82, 2.24) is 25.6 Å². The molecule has 1 fully saturated rings. The minimum atomic E-state index is 0.200. The van der Waals surface area contributed by atoms with Crippen molar-refractivity contribution in [3.05, 3.63) is 0 Å². The molecule has 0 bridgehead atoms. The van der Waals surface area contributed by atoms with Crippen LogP contribution in [0.4, 0.5) is 11.9 Å². The molecule has 19 heavy (non-hydrogen) atoms. The summed E-state index contributed by atoms with van der Waals surface area (Å²) in [4.78, 5) is 6.16. The molecule has 0 spiro atoms. The number of ether oxygens (including phenoxy) is 1. The predicted octanol–water partition coefficient (Wildman–Crippen LogP) is -0.861. The molecule has 0 atom stereocenters. The molecule has 1 aromatic heterocycles. The van der Waals surface area contributed by atoms with E-state index in [1.54, 1.807) is 0 Å². The Labute approximate surface area is 126 Å². The Bertz CT molecular complexity index is 485. The molecule has 0 amide bonds. The third kappa shape index (κ3) is 3.65. The lowest BCUT2D eigenvalue weighted by molar-refractivity contribution is 0.122. The number of nitrogens with one attached hydrogen (secondary N) is 2. The SMILES string of the molecule is Nc1nc(N2CCOCC2)nn1C(=S)NNC(=S)S. The highest BCUT2D eigenvalue weighted by Crippen LogP contribution is 2.12. The fraction of sp³-hybridized carbons (Fsp3) is 0.500. The van der Waals surface area contributed by atoms with Gasteiger partial charge in [0.2, 0.25) is 17.0 Å². The molecule has 2 heterocycles. The van der Waals surface area contributed by atoms with E-state index in [1.807, 2.05) is 4.90 Å².